The van der Waals surface area contributed by atoms with Crippen LogP contribution >= 0.6 is 11.3 Å². The summed E-state index contributed by atoms with van der Waals surface area (Å²) in [6, 6.07) is 3.46. The summed E-state index contributed by atoms with van der Waals surface area (Å²) in [5.41, 5.74) is -0.0661. The summed E-state index contributed by atoms with van der Waals surface area (Å²) in [5.74, 6) is 0.608. The number of hydrogen-bond acceptors (Lipinski definition) is 3. The number of hydrogen-bond donors (Lipinski definition) is 1. The van der Waals surface area contributed by atoms with Gasteiger partial charge in [-0.05, 0) is 68.4 Å². The Hall–Kier alpha value is -1.86. The van der Waals surface area contributed by atoms with Crippen LogP contribution in [0.5, 0.6) is 0 Å². The summed E-state index contributed by atoms with van der Waals surface area (Å²) in [5, 5.41) is 9.41. The molecule has 1 amide bonds. The standard InChI is InChI=1S/C22H24F2N2O2S/c23-16-1-2-17(18(24)8-16)19-12-26(3-4-27)21(29-19)25-20(28)22-9-13-5-14(10-22)7-15(6-13)11-22/h1-2,8,12-15,27H,3-7,9-11H2. The molecule has 4 saturated carbocycles. The van der Waals surface area contributed by atoms with Gasteiger partial charge < -0.3 is 9.67 Å². The van der Waals surface area contributed by atoms with Gasteiger partial charge in [-0.2, -0.15) is 4.99 Å². The van der Waals surface area contributed by atoms with Gasteiger partial charge in [-0.25, -0.2) is 8.78 Å². The molecule has 1 N–H and O–H groups in total. The lowest BCUT2D eigenvalue weighted by Crippen LogP contribution is -2.49. The minimum absolute atomic E-state index is 0.0590. The first-order valence-electron chi connectivity index (χ1n) is 10.3. The second-order valence-corrected chi connectivity index (χ2v) is 10.0. The lowest BCUT2D eigenvalue weighted by Gasteiger charge is -2.55. The first-order valence-corrected chi connectivity index (χ1v) is 11.1. The molecule has 4 bridgehead atoms. The molecule has 1 heterocycles. The van der Waals surface area contributed by atoms with Gasteiger partial charge in [-0.3, -0.25) is 4.79 Å². The van der Waals surface area contributed by atoms with Crippen molar-refractivity contribution in [2.24, 2.45) is 28.2 Å². The summed E-state index contributed by atoms with van der Waals surface area (Å²) in [6.45, 7) is 0.160. The zero-order chi connectivity index (χ0) is 20.2. The van der Waals surface area contributed by atoms with E-state index in [4.69, 9.17) is 0 Å². The van der Waals surface area contributed by atoms with Gasteiger partial charge in [0.1, 0.15) is 11.6 Å². The molecule has 4 aliphatic rings. The van der Waals surface area contributed by atoms with Crippen molar-refractivity contribution >= 4 is 17.2 Å². The van der Waals surface area contributed by atoms with Gasteiger partial charge in [-0.15, -0.1) is 0 Å². The SMILES string of the molecule is O=C(N=c1sc(-c2ccc(F)cc2F)cn1CCO)C12CC3CC(CC(C3)C1)C2. The Balaban J connectivity index is 1.52. The first-order chi connectivity index (χ1) is 14.0. The van der Waals surface area contributed by atoms with Gasteiger partial charge in [0.05, 0.1) is 16.9 Å². The van der Waals surface area contributed by atoms with Crippen LogP contribution in [0.15, 0.2) is 29.4 Å². The molecule has 0 spiro atoms. The molecule has 1 aromatic carbocycles. The van der Waals surface area contributed by atoms with E-state index < -0.39 is 11.6 Å². The number of thiazole rings is 1. The van der Waals surface area contributed by atoms with E-state index in [0.717, 1.165) is 25.3 Å². The maximum atomic E-state index is 14.2. The average molecular weight is 419 g/mol. The fourth-order valence-electron chi connectivity index (χ4n) is 6.13. The normalized spacial score (nSPS) is 30.9. The summed E-state index contributed by atoms with van der Waals surface area (Å²) in [6.07, 6.45) is 8.26. The molecule has 154 valence electrons. The van der Waals surface area contributed by atoms with E-state index in [9.17, 15) is 18.7 Å². The van der Waals surface area contributed by atoms with Crippen LogP contribution in [0.4, 0.5) is 8.78 Å². The molecule has 7 heteroatoms. The number of rotatable bonds is 4. The van der Waals surface area contributed by atoms with Gasteiger partial charge in [0.25, 0.3) is 5.91 Å². The summed E-state index contributed by atoms with van der Waals surface area (Å²) in [7, 11) is 0. The highest BCUT2D eigenvalue weighted by atomic mass is 32.1. The molecular formula is C22H24F2N2O2S. The molecule has 0 radical (unpaired) electrons. The summed E-state index contributed by atoms with van der Waals surface area (Å²) < 4.78 is 29.2. The monoisotopic (exact) mass is 418 g/mol. The third-order valence-electron chi connectivity index (χ3n) is 6.95. The van der Waals surface area contributed by atoms with Gasteiger partial charge in [0.15, 0.2) is 4.80 Å². The van der Waals surface area contributed by atoms with Crippen molar-refractivity contribution in [1.29, 1.82) is 0 Å². The van der Waals surface area contributed by atoms with Crippen molar-refractivity contribution in [3.8, 4) is 10.4 Å². The van der Waals surface area contributed by atoms with Gasteiger partial charge in [0.2, 0.25) is 0 Å². The maximum Gasteiger partial charge on any atom is 0.254 e. The molecule has 0 aliphatic heterocycles. The smallest absolute Gasteiger partial charge is 0.254 e. The van der Waals surface area contributed by atoms with Crippen LogP contribution in [0.2, 0.25) is 0 Å². The van der Waals surface area contributed by atoms with Crippen LogP contribution in [-0.2, 0) is 11.3 Å². The number of carbonyl (C=O) groups excluding carboxylic acids is 1. The van der Waals surface area contributed by atoms with Crippen molar-refractivity contribution in [2.45, 2.75) is 45.1 Å². The predicted octanol–water partition coefficient (Wildman–Crippen LogP) is 4.13. The lowest BCUT2D eigenvalue weighted by molar-refractivity contribution is -0.142. The summed E-state index contributed by atoms with van der Waals surface area (Å²) >= 11 is 1.21. The molecule has 4 aliphatic carbocycles. The number of halogens is 2. The molecule has 6 rings (SSSR count). The molecule has 4 nitrogen and oxygen atoms in total. The topological polar surface area (TPSA) is 54.6 Å². The Morgan fingerprint density at radius 3 is 2.41 bits per heavy atom. The van der Waals surface area contributed by atoms with Gasteiger partial charge in [0, 0.05) is 24.4 Å². The van der Waals surface area contributed by atoms with Crippen molar-refractivity contribution in [2.75, 3.05) is 6.61 Å². The molecule has 1 aromatic heterocycles. The lowest BCUT2D eigenvalue weighted by atomic mass is 9.49. The predicted molar refractivity (Wildman–Crippen MR) is 106 cm³/mol. The highest BCUT2D eigenvalue weighted by Gasteiger charge is 2.54. The second kappa shape index (κ2) is 7.13. The maximum absolute atomic E-state index is 14.2. The van der Waals surface area contributed by atoms with E-state index in [0.29, 0.717) is 27.4 Å². The van der Waals surface area contributed by atoms with E-state index in [1.54, 1.807) is 10.8 Å². The zero-order valence-electron chi connectivity index (χ0n) is 16.1. The van der Waals surface area contributed by atoms with Crippen LogP contribution in [-0.4, -0.2) is 22.2 Å². The van der Waals surface area contributed by atoms with Crippen molar-refractivity contribution in [1.82, 2.24) is 4.57 Å². The quantitative estimate of drug-likeness (QED) is 0.812. The van der Waals surface area contributed by atoms with E-state index in [1.165, 1.54) is 42.7 Å². The fourth-order valence-corrected chi connectivity index (χ4v) is 7.17. The van der Waals surface area contributed by atoms with Crippen LogP contribution < -0.4 is 4.80 Å². The number of nitrogens with zero attached hydrogens (tertiary/aromatic N) is 2. The third kappa shape index (κ3) is 3.38. The highest BCUT2D eigenvalue weighted by molar-refractivity contribution is 7.12. The van der Waals surface area contributed by atoms with Crippen molar-refractivity contribution in [3.05, 3.63) is 40.8 Å². The second-order valence-electron chi connectivity index (χ2n) is 9.03. The van der Waals surface area contributed by atoms with Gasteiger partial charge >= 0.3 is 0 Å². The summed E-state index contributed by atoms with van der Waals surface area (Å²) in [4.78, 5) is 18.9. The van der Waals surface area contributed by atoms with Gasteiger partial charge in [-0.1, -0.05) is 11.3 Å². The molecule has 0 atom stereocenters. The number of carbonyl (C=O) groups is 1. The minimum Gasteiger partial charge on any atom is -0.395 e. The Labute approximate surface area is 171 Å². The number of aliphatic hydroxyl groups is 1. The molecule has 0 saturated heterocycles. The van der Waals surface area contributed by atoms with Crippen LogP contribution in [0.25, 0.3) is 10.4 Å². The molecule has 29 heavy (non-hydrogen) atoms. The Morgan fingerprint density at radius 2 is 1.83 bits per heavy atom. The van der Waals surface area contributed by atoms with E-state index >= 15 is 0 Å². The first kappa shape index (κ1) is 19.1. The number of amides is 1. The van der Waals surface area contributed by atoms with E-state index in [1.807, 2.05) is 0 Å². The Morgan fingerprint density at radius 1 is 1.17 bits per heavy atom. The number of aliphatic hydroxyl groups excluding tert-OH is 1. The van der Waals surface area contributed by atoms with Crippen LogP contribution in [0.3, 0.4) is 0 Å². The largest absolute Gasteiger partial charge is 0.395 e. The zero-order valence-corrected chi connectivity index (χ0v) is 16.9. The fraction of sp³-hybridized carbons (Fsp3) is 0.545. The van der Waals surface area contributed by atoms with Crippen LogP contribution in [0, 0.1) is 34.8 Å². The number of aromatic nitrogens is 1. The minimum atomic E-state index is -0.652. The number of benzene rings is 1. The van der Waals surface area contributed by atoms with E-state index in [2.05, 4.69) is 4.99 Å². The van der Waals surface area contributed by atoms with Crippen molar-refractivity contribution in [3.63, 3.8) is 0 Å². The average Bonchev–Trinajstić information content (AvgIpc) is 3.03. The third-order valence-corrected chi connectivity index (χ3v) is 8.00. The molecule has 2 aromatic rings. The Bertz CT molecular complexity index is 991. The molecule has 4 fully saturated rings. The van der Waals surface area contributed by atoms with Crippen molar-refractivity contribution < 1.29 is 18.7 Å². The highest BCUT2D eigenvalue weighted by Crippen LogP contribution is 2.60. The molecule has 0 unspecified atom stereocenters. The molecular weight excluding hydrogens is 394 g/mol. The van der Waals surface area contributed by atoms with E-state index in [-0.39, 0.29) is 30.0 Å². The Kier molecular flexibility index (Phi) is 4.70. The van der Waals surface area contributed by atoms with Crippen LogP contribution in [0.1, 0.15) is 38.5 Å².